The van der Waals surface area contributed by atoms with Gasteiger partial charge in [-0.2, -0.15) is 8.42 Å². The summed E-state index contributed by atoms with van der Waals surface area (Å²) in [5.41, 5.74) is 2.58. The first-order valence-electron chi connectivity index (χ1n) is 12.9. The predicted molar refractivity (Wildman–Crippen MR) is 134 cm³/mol. The number of rotatable bonds is 5. The van der Waals surface area contributed by atoms with Crippen molar-refractivity contribution in [1.29, 1.82) is 0 Å². The molecule has 0 unspecified atom stereocenters. The summed E-state index contributed by atoms with van der Waals surface area (Å²) in [6, 6.07) is 6.87. The molecule has 4 nitrogen and oxygen atoms in total. The van der Waals surface area contributed by atoms with Crippen LogP contribution < -0.4 is 0 Å². The van der Waals surface area contributed by atoms with Gasteiger partial charge in [0.2, 0.25) is 0 Å². The third-order valence-electron chi connectivity index (χ3n) is 10.1. The molecule has 0 bridgehead atoms. The van der Waals surface area contributed by atoms with Crippen LogP contribution in [0.5, 0.6) is 0 Å². The van der Waals surface area contributed by atoms with E-state index in [2.05, 4.69) is 32.9 Å². The second kappa shape index (κ2) is 8.44. The molecule has 0 N–H and O–H groups in total. The third kappa shape index (κ3) is 3.83. The number of fused-ring (bicyclic) bond motifs is 5. The van der Waals surface area contributed by atoms with Crippen molar-refractivity contribution in [2.75, 3.05) is 6.61 Å². The summed E-state index contributed by atoms with van der Waals surface area (Å²) in [5.74, 6) is 2.66. The number of benzene rings is 1. The molecule has 5 heteroatoms. The van der Waals surface area contributed by atoms with E-state index in [-0.39, 0.29) is 34.0 Å². The van der Waals surface area contributed by atoms with E-state index in [1.165, 1.54) is 24.8 Å². The Morgan fingerprint density at radius 1 is 1.06 bits per heavy atom. The van der Waals surface area contributed by atoms with Crippen molar-refractivity contribution in [3.8, 4) is 0 Å². The van der Waals surface area contributed by atoms with Crippen LogP contribution in [-0.4, -0.2) is 20.8 Å². The number of carbonyl (C=O) groups is 1. The van der Waals surface area contributed by atoms with Gasteiger partial charge in [0.25, 0.3) is 10.1 Å². The molecule has 34 heavy (non-hydrogen) atoms. The normalized spacial score (nSPS) is 38.0. The van der Waals surface area contributed by atoms with Gasteiger partial charge in [0.05, 0.1) is 11.5 Å². The van der Waals surface area contributed by atoms with Gasteiger partial charge in [-0.15, -0.1) is 0 Å². The average molecular weight is 483 g/mol. The fourth-order valence-corrected chi connectivity index (χ4v) is 9.06. The zero-order valence-electron chi connectivity index (χ0n) is 20.9. The fourth-order valence-electron chi connectivity index (χ4n) is 8.06. The van der Waals surface area contributed by atoms with Gasteiger partial charge in [-0.1, -0.05) is 50.6 Å². The van der Waals surface area contributed by atoms with Gasteiger partial charge in [0.15, 0.2) is 5.78 Å². The SMILES string of the molecule is Cc1ccc(S(=O)(=O)OC[C@@H](C)[C@H]2CC[C@H]3[C@@H]4C=CC5=CC(=O)CC[C@]5(C)[C@H]4CC[C@]23C)cc1. The van der Waals surface area contributed by atoms with Crippen LogP contribution in [0.1, 0.15) is 64.9 Å². The molecule has 4 aliphatic rings. The van der Waals surface area contributed by atoms with Gasteiger partial charge in [-0.25, -0.2) is 0 Å². The highest BCUT2D eigenvalue weighted by atomic mass is 32.2. The van der Waals surface area contributed by atoms with E-state index in [0.29, 0.717) is 30.1 Å². The Bertz CT molecular complexity index is 1130. The Kier molecular flexibility index (Phi) is 5.96. The van der Waals surface area contributed by atoms with E-state index in [4.69, 9.17) is 4.18 Å². The van der Waals surface area contributed by atoms with Gasteiger partial charge in [-0.05, 0) is 103 Å². The van der Waals surface area contributed by atoms with Gasteiger partial charge in [0, 0.05) is 6.42 Å². The minimum atomic E-state index is -3.74. The topological polar surface area (TPSA) is 60.4 Å². The first kappa shape index (κ1) is 24.0. The van der Waals surface area contributed by atoms with E-state index in [9.17, 15) is 13.2 Å². The van der Waals surface area contributed by atoms with Crippen LogP contribution in [0.3, 0.4) is 0 Å². The van der Waals surface area contributed by atoms with Crippen LogP contribution in [0, 0.1) is 47.3 Å². The molecule has 2 saturated carbocycles. The monoisotopic (exact) mass is 482 g/mol. The Hall–Kier alpha value is -1.72. The summed E-state index contributed by atoms with van der Waals surface area (Å²) in [6.45, 7) is 9.18. The van der Waals surface area contributed by atoms with Crippen LogP contribution in [-0.2, 0) is 19.1 Å². The van der Waals surface area contributed by atoms with Crippen molar-refractivity contribution in [3.63, 3.8) is 0 Å². The Balaban J connectivity index is 1.31. The molecule has 0 aromatic heterocycles. The minimum Gasteiger partial charge on any atom is -0.295 e. The second-order valence-corrected chi connectivity index (χ2v) is 13.5. The molecule has 7 atom stereocenters. The zero-order chi connectivity index (χ0) is 24.3. The van der Waals surface area contributed by atoms with Crippen molar-refractivity contribution in [3.05, 3.63) is 53.6 Å². The number of aryl methyl sites for hydroxylation is 1. The van der Waals surface area contributed by atoms with Crippen LogP contribution in [0.2, 0.25) is 0 Å². The highest BCUT2D eigenvalue weighted by Crippen LogP contribution is 2.66. The molecule has 0 radical (unpaired) electrons. The minimum absolute atomic E-state index is 0.115. The van der Waals surface area contributed by atoms with Crippen molar-refractivity contribution < 1.29 is 17.4 Å². The maximum absolute atomic E-state index is 12.7. The lowest BCUT2D eigenvalue weighted by atomic mass is 9.48. The first-order valence-corrected chi connectivity index (χ1v) is 14.3. The number of carbonyl (C=O) groups excluding carboxylic acids is 1. The second-order valence-electron chi connectivity index (χ2n) is 11.9. The predicted octanol–water partition coefficient (Wildman–Crippen LogP) is 6.26. The molecule has 0 aliphatic heterocycles. The lowest BCUT2D eigenvalue weighted by molar-refractivity contribution is -0.116. The fraction of sp³-hybridized carbons (Fsp3) is 0.621. The maximum atomic E-state index is 12.7. The molecule has 4 aliphatic carbocycles. The summed E-state index contributed by atoms with van der Waals surface area (Å²) in [7, 11) is -3.74. The summed E-state index contributed by atoms with van der Waals surface area (Å²) in [6.07, 6.45) is 12.9. The van der Waals surface area contributed by atoms with Crippen LogP contribution in [0.15, 0.2) is 53.0 Å². The average Bonchev–Trinajstić information content (AvgIpc) is 3.15. The largest absolute Gasteiger partial charge is 0.296 e. The number of ketones is 1. The first-order chi connectivity index (χ1) is 16.0. The Morgan fingerprint density at radius 3 is 2.53 bits per heavy atom. The quantitative estimate of drug-likeness (QED) is 0.465. The molecular weight excluding hydrogens is 444 g/mol. The molecule has 184 valence electrons. The molecule has 1 aromatic carbocycles. The summed E-state index contributed by atoms with van der Waals surface area (Å²) < 4.78 is 31.1. The molecule has 5 rings (SSSR count). The number of hydrogen-bond acceptors (Lipinski definition) is 4. The molecule has 0 amide bonds. The molecule has 1 aromatic rings. The van der Waals surface area contributed by atoms with Gasteiger partial charge < -0.3 is 0 Å². The molecule has 0 heterocycles. The van der Waals surface area contributed by atoms with Crippen LogP contribution in [0.25, 0.3) is 0 Å². The molecular formula is C29H38O4S. The van der Waals surface area contributed by atoms with Crippen LogP contribution in [0.4, 0.5) is 0 Å². The third-order valence-corrected chi connectivity index (χ3v) is 11.4. The van der Waals surface area contributed by atoms with E-state index in [1.807, 2.05) is 25.1 Å². The summed E-state index contributed by atoms with van der Waals surface area (Å²) >= 11 is 0. The van der Waals surface area contributed by atoms with E-state index >= 15 is 0 Å². The zero-order valence-corrected chi connectivity index (χ0v) is 21.7. The Morgan fingerprint density at radius 2 is 1.79 bits per heavy atom. The molecule has 0 saturated heterocycles. The lowest BCUT2D eigenvalue weighted by Crippen LogP contribution is -2.49. The van der Waals surface area contributed by atoms with Crippen molar-refractivity contribution in [2.24, 2.45) is 40.4 Å². The van der Waals surface area contributed by atoms with Gasteiger partial charge >= 0.3 is 0 Å². The maximum Gasteiger partial charge on any atom is 0.296 e. The summed E-state index contributed by atoms with van der Waals surface area (Å²) in [5, 5.41) is 0. The van der Waals surface area contributed by atoms with E-state index in [0.717, 1.165) is 18.4 Å². The Labute approximate surface area is 205 Å². The standard InChI is InChI=1S/C29H38O4S/c1-19-5-8-23(9-6-19)34(31,32)33-18-20(2)25-11-12-26-24-10-7-21-17-22(30)13-15-28(21,3)27(24)14-16-29(25,26)4/h5-10,17,20,24-27H,11-16,18H2,1-4H3/t20-,24+,25-,26+,27+,28+,29-/m1/s1. The van der Waals surface area contributed by atoms with E-state index in [1.54, 1.807) is 12.1 Å². The smallest absolute Gasteiger partial charge is 0.295 e. The number of hydrogen-bond donors (Lipinski definition) is 0. The van der Waals surface area contributed by atoms with Crippen molar-refractivity contribution >= 4 is 15.9 Å². The van der Waals surface area contributed by atoms with Crippen LogP contribution >= 0.6 is 0 Å². The molecule has 2 fully saturated rings. The number of allylic oxidation sites excluding steroid dienone is 4. The van der Waals surface area contributed by atoms with Gasteiger partial charge in [0.1, 0.15) is 0 Å². The molecule has 0 spiro atoms. The van der Waals surface area contributed by atoms with Crippen molar-refractivity contribution in [1.82, 2.24) is 0 Å². The summed E-state index contributed by atoms with van der Waals surface area (Å²) in [4.78, 5) is 12.3. The van der Waals surface area contributed by atoms with Crippen molar-refractivity contribution in [2.45, 2.75) is 71.1 Å². The lowest BCUT2D eigenvalue weighted by Gasteiger charge is -2.56. The van der Waals surface area contributed by atoms with E-state index < -0.39 is 10.1 Å². The highest BCUT2D eigenvalue weighted by molar-refractivity contribution is 7.86. The van der Waals surface area contributed by atoms with Gasteiger partial charge in [-0.3, -0.25) is 8.98 Å². The highest BCUT2D eigenvalue weighted by Gasteiger charge is 2.58.